The lowest BCUT2D eigenvalue weighted by Gasteiger charge is -2.47. The second-order valence-electron chi connectivity index (χ2n) is 17.6. The number of hydrogen-bond donors (Lipinski definition) is 0. The van der Waals surface area contributed by atoms with Crippen molar-refractivity contribution in [1.82, 2.24) is 0 Å². The van der Waals surface area contributed by atoms with E-state index in [0.717, 1.165) is 61.7 Å². The van der Waals surface area contributed by atoms with E-state index in [9.17, 15) is 14.4 Å². The van der Waals surface area contributed by atoms with Crippen LogP contribution in [0.5, 0.6) is 0 Å². The van der Waals surface area contributed by atoms with Crippen LogP contribution >= 0.6 is 23.5 Å². The molecule has 0 bridgehead atoms. The summed E-state index contributed by atoms with van der Waals surface area (Å²) < 4.78 is 141. The number of esters is 3. The normalized spacial score (nSPS) is 21.3. The van der Waals surface area contributed by atoms with Crippen LogP contribution in [-0.4, -0.2) is 145 Å². The van der Waals surface area contributed by atoms with E-state index in [2.05, 4.69) is 6.92 Å². The van der Waals surface area contributed by atoms with Crippen LogP contribution in [0.1, 0.15) is 101 Å². The van der Waals surface area contributed by atoms with E-state index in [1.165, 1.54) is 43.3 Å². The van der Waals surface area contributed by atoms with Gasteiger partial charge in [0.25, 0.3) is 0 Å². The van der Waals surface area contributed by atoms with Crippen molar-refractivity contribution in [2.24, 2.45) is 0 Å². The Hall–Kier alpha value is -4.15. The van der Waals surface area contributed by atoms with Gasteiger partial charge in [-0.2, -0.15) is 26.3 Å². The van der Waals surface area contributed by atoms with Crippen LogP contribution in [0.3, 0.4) is 0 Å². The van der Waals surface area contributed by atoms with Crippen LogP contribution in [0.25, 0.3) is 9.81 Å². The number of rotatable bonds is 30. The Kier molecular flexibility index (Phi) is 20.1. The van der Waals surface area contributed by atoms with E-state index in [4.69, 9.17) is 42.6 Å². The van der Waals surface area contributed by atoms with Gasteiger partial charge in [-0.25, -0.2) is 14.4 Å². The molecule has 2 heterocycles. The summed E-state index contributed by atoms with van der Waals surface area (Å²) >= 11 is 1.99. The number of benzene rings is 2. The monoisotopic (exact) mass is 1060 g/mol. The number of unbranched alkanes of at least 4 members (excludes halogenated alkanes) is 5. The fraction of sp³-hybridized carbons (Fsp3) is 0.558. The van der Waals surface area contributed by atoms with Gasteiger partial charge in [-0.15, -0.1) is 23.5 Å². The van der Waals surface area contributed by atoms with Crippen LogP contribution in [0.15, 0.2) is 76.9 Å². The predicted molar refractivity (Wildman–Crippen MR) is 261 cm³/mol. The Morgan fingerprint density at radius 2 is 0.861 bits per heavy atom. The predicted octanol–water partition coefficient (Wildman–Crippen LogP) is 10.8. The Bertz CT molecular complexity index is 2320. The summed E-state index contributed by atoms with van der Waals surface area (Å²) in [6.07, 6.45) is 8.43. The van der Waals surface area contributed by atoms with Crippen molar-refractivity contribution in [3.63, 3.8) is 0 Å². The zero-order valence-electron chi connectivity index (χ0n) is 41.1. The third kappa shape index (κ3) is 12.3. The number of hydrogen-bond acceptors (Lipinski definition) is 14. The van der Waals surface area contributed by atoms with Gasteiger partial charge in [0.1, 0.15) is 13.2 Å². The highest BCUT2D eigenvalue weighted by atomic mass is 32.2. The summed E-state index contributed by atoms with van der Waals surface area (Å²) in [5, 5.41) is 0. The van der Waals surface area contributed by atoms with Crippen molar-refractivity contribution in [1.29, 1.82) is 0 Å². The SMILES string of the molecule is CCCCCCCCOC(=O)c1ccc(C2=CC3=C4C(=C5C=C(c6cc(C(=O)OCCOCCOCCOC)cc(C(=O)OCCOCCOCCOC)c6)SC5(C)C3(C)S2)C(F)(F)C(F)(F)C4(F)F)cc1. The average Bonchev–Trinajstić information content (AvgIpc) is 3.95. The molecule has 1 fully saturated rings. The van der Waals surface area contributed by atoms with Gasteiger partial charge in [0.05, 0.1) is 98.9 Å². The zero-order valence-corrected chi connectivity index (χ0v) is 42.7. The molecule has 2 atom stereocenters. The first-order chi connectivity index (χ1) is 34.4. The summed E-state index contributed by atoms with van der Waals surface area (Å²) in [4.78, 5) is 40.5. The fourth-order valence-corrected chi connectivity index (χ4v) is 11.7. The van der Waals surface area contributed by atoms with E-state index in [-0.39, 0.29) is 86.6 Å². The molecular formula is C52H62F6O12S2. The van der Waals surface area contributed by atoms with Crippen LogP contribution in [0.2, 0.25) is 0 Å². The summed E-state index contributed by atoms with van der Waals surface area (Å²) in [6.45, 7) is 7.47. The lowest BCUT2D eigenvalue weighted by molar-refractivity contribution is -0.258. The molecular weight excluding hydrogens is 995 g/mol. The number of carbonyl (C=O) groups excluding carboxylic acids is 3. The Morgan fingerprint density at radius 3 is 1.32 bits per heavy atom. The topological polar surface area (TPSA) is 134 Å². The molecule has 20 heteroatoms. The first-order valence-corrected chi connectivity index (χ1v) is 25.5. The first kappa shape index (κ1) is 57.1. The molecule has 2 unspecified atom stereocenters. The van der Waals surface area contributed by atoms with Crippen LogP contribution in [0.4, 0.5) is 26.3 Å². The average molecular weight is 1060 g/mol. The highest BCUT2D eigenvalue weighted by Gasteiger charge is 2.84. The Morgan fingerprint density at radius 1 is 0.472 bits per heavy atom. The fourth-order valence-electron chi connectivity index (χ4n) is 8.58. The number of methoxy groups -OCH3 is 2. The molecule has 0 aromatic heterocycles. The molecule has 0 spiro atoms. The molecule has 396 valence electrons. The van der Waals surface area contributed by atoms with Crippen molar-refractivity contribution in [3.05, 3.63) is 105 Å². The van der Waals surface area contributed by atoms with Gasteiger partial charge in [0.2, 0.25) is 0 Å². The van der Waals surface area contributed by atoms with Gasteiger partial charge in [-0.1, -0.05) is 51.2 Å². The molecule has 2 aliphatic carbocycles. The lowest BCUT2D eigenvalue weighted by atomic mass is 9.71. The van der Waals surface area contributed by atoms with Crippen LogP contribution < -0.4 is 0 Å². The smallest absolute Gasteiger partial charge is 0.380 e. The van der Waals surface area contributed by atoms with Crippen molar-refractivity contribution < 1.29 is 83.4 Å². The molecule has 72 heavy (non-hydrogen) atoms. The summed E-state index contributed by atoms with van der Waals surface area (Å²) in [5.41, 5.74) is -3.37. The van der Waals surface area contributed by atoms with Gasteiger partial charge in [0, 0.05) is 35.2 Å². The maximum Gasteiger partial charge on any atom is 0.380 e. The summed E-state index contributed by atoms with van der Waals surface area (Å²) in [6, 6.07) is 10.0. The van der Waals surface area contributed by atoms with E-state index >= 15 is 26.3 Å². The highest BCUT2D eigenvalue weighted by Crippen LogP contribution is 2.75. The van der Waals surface area contributed by atoms with E-state index in [1.807, 2.05) is 0 Å². The standard InChI is InChI=1S/C52H62F6O12S2/c1-6-7-8-9-10-11-16-68-45(59)35-14-12-34(13-15-35)41-32-39-43-44(51(55,56)52(57,58)50(43,53)54)40-33-42(72-49(40,3)48(39,2)71-41)36-29-37(46(60)69-27-25-66-23-21-64-19-17-62-4)31-38(30-36)47(61)70-28-26-67-24-22-65-20-18-63-5/h12-15,29-33H,6-11,16-28H2,1-5H3. The van der Waals surface area contributed by atoms with Gasteiger partial charge < -0.3 is 42.6 Å². The van der Waals surface area contributed by atoms with Gasteiger partial charge in [-0.3, -0.25) is 0 Å². The molecule has 2 aliphatic heterocycles. The van der Waals surface area contributed by atoms with Crippen LogP contribution in [0, 0.1) is 0 Å². The molecule has 2 aromatic carbocycles. The largest absolute Gasteiger partial charge is 0.462 e. The van der Waals surface area contributed by atoms with Gasteiger partial charge in [-0.05, 0) is 85.0 Å². The quantitative estimate of drug-likeness (QED) is 0.0318. The number of alkyl halides is 6. The molecule has 0 saturated heterocycles. The van der Waals surface area contributed by atoms with Crippen molar-refractivity contribution in [3.8, 4) is 0 Å². The number of halogens is 6. The second-order valence-corrected chi connectivity index (χ2v) is 20.5. The molecule has 12 nitrogen and oxygen atoms in total. The molecule has 0 radical (unpaired) electrons. The molecule has 6 rings (SSSR count). The van der Waals surface area contributed by atoms with Crippen molar-refractivity contribution in [2.75, 3.05) is 100 Å². The number of ether oxygens (including phenoxy) is 9. The van der Waals surface area contributed by atoms with E-state index in [0.29, 0.717) is 43.3 Å². The van der Waals surface area contributed by atoms with Crippen molar-refractivity contribution >= 4 is 51.2 Å². The Balaban J connectivity index is 1.28. The molecule has 1 saturated carbocycles. The number of carbonyl (C=O) groups is 3. The molecule has 0 N–H and O–H groups in total. The number of fused-ring (bicyclic) bond motifs is 4. The number of allylic oxidation sites excluding steroid dienone is 4. The first-order valence-electron chi connectivity index (χ1n) is 23.9. The summed E-state index contributed by atoms with van der Waals surface area (Å²) in [7, 11) is 3.08. The second kappa shape index (κ2) is 25.4. The molecule has 2 aromatic rings. The zero-order chi connectivity index (χ0) is 52.2. The van der Waals surface area contributed by atoms with Gasteiger partial charge in [0.15, 0.2) is 0 Å². The maximum absolute atomic E-state index is 16.3. The Labute approximate surface area is 424 Å². The minimum Gasteiger partial charge on any atom is -0.462 e. The highest BCUT2D eigenvalue weighted by molar-refractivity contribution is 8.14. The lowest BCUT2D eigenvalue weighted by Crippen LogP contribution is -2.48. The minimum absolute atomic E-state index is 0.00884. The third-order valence-corrected chi connectivity index (χ3v) is 16.0. The van der Waals surface area contributed by atoms with E-state index < -0.39 is 67.5 Å². The van der Waals surface area contributed by atoms with Crippen molar-refractivity contribution in [2.45, 2.75) is 86.6 Å². The van der Waals surface area contributed by atoms with Crippen LogP contribution in [-0.2, 0) is 42.6 Å². The minimum atomic E-state index is -5.81. The third-order valence-electron chi connectivity index (χ3n) is 12.7. The molecule has 4 aliphatic rings. The van der Waals surface area contributed by atoms with E-state index in [1.54, 1.807) is 33.3 Å². The maximum atomic E-state index is 16.3. The summed E-state index contributed by atoms with van der Waals surface area (Å²) in [5.74, 6) is -18.8. The number of thioether (sulfide) groups is 2. The van der Waals surface area contributed by atoms with Gasteiger partial charge >= 0.3 is 35.7 Å². The molecule has 0 amide bonds.